The van der Waals surface area contributed by atoms with Crippen LogP contribution in [-0.4, -0.2) is 0 Å². The van der Waals surface area contributed by atoms with Gasteiger partial charge in [0.2, 0.25) is 0 Å². The lowest BCUT2D eigenvalue weighted by Crippen LogP contribution is -2.35. The van der Waals surface area contributed by atoms with E-state index < -0.39 is 0 Å². The molecule has 0 aliphatic heterocycles. The van der Waals surface area contributed by atoms with Crippen LogP contribution in [0.5, 0.6) is 0 Å². The average Bonchev–Trinajstić information content (AvgIpc) is 3.83. The fourth-order valence-corrected chi connectivity index (χ4v) is 15.2. The molecule has 0 aromatic rings. The second-order valence-electron chi connectivity index (χ2n) is 17.6. The van der Waals surface area contributed by atoms with Gasteiger partial charge in [-0.15, -0.1) is 0 Å². The summed E-state index contributed by atoms with van der Waals surface area (Å²) in [4.78, 5) is 0. The molecule has 0 amide bonds. The van der Waals surface area contributed by atoms with E-state index in [1.807, 2.05) is 0 Å². The predicted octanol–water partition coefficient (Wildman–Crippen LogP) is 9.14. The first kappa shape index (κ1) is 23.2. The Morgan fingerprint density at radius 1 is 0.175 bits per heavy atom. The van der Waals surface area contributed by atoms with Gasteiger partial charge in [0.25, 0.3) is 0 Å². The molecule has 210 valence electrons. The molecule has 20 unspecified atom stereocenters. The summed E-state index contributed by atoms with van der Waals surface area (Å²) >= 11 is 0. The smallest absolute Gasteiger partial charge is 0.0196 e. The van der Waals surface area contributed by atoms with Crippen molar-refractivity contribution in [2.45, 2.75) is 64.2 Å². The molecular formula is C40H50. The molecule has 0 N–H and O–H groups in total. The zero-order valence-electron chi connectivity index (χ0n) is 24.4. The normalized spacial score (nSPS) is 64.0. The SMILES string of the molecule is C1=CC2CC1C1CC3C4C=CC(C4)C3CC21.C1=CC2CC1C1CC3C4C=CC(C4)C3CC3C4C=CC(C4)C3CC21. The molecule has 20 atom stereocenters. The van der Waals surface area contributed by atoms with Crippen LogP contribution >= 0.6 is 0 Å². The van der Waals surface area contributed by atoms with E-state index in [9.17, 15) is 0 Å². The molecule has 10 bridgehead atoms. The summed E-state index contributed by atoms with van der Waals surface area (Å²) < 4.78 is 0. The van der Waals surface area contributed by atoms with E-state index in [0.29, 0.717) is 0 Å². The van der Waals surface area contributed by atoms with Crippen molar-refractivity contribution in [3.05, 3.63) is 60.8 Å². The molecule has 0 saturated heterocycles. The van der Waals surface area contributed by atoms with Gasteiger partial charge in [-0.3, -0.25) is 0 Å². The molecule has 0 heterocycles. The van der Waals surface area contributed by atoms with Crippen molar-refractivity contribution in [2.75, 3.05) is 0 Å². The Kier molecular flexibility index (Phi) is 4.75. The molecule has 0 radical (unpaired) electrons. The van der Waals surface area contributed by atoms with Crippen LogP contribution in [0.3, 0.4) is 0 Å². The molecule has 7 saturated carbocycles. The van der Waals surface area contributed by atoms with Crippen LogP contribution in [0.25, 0.3) is 0 Å². The molecule has 0 spiro atoms. The van der Waals surface area contributed by atoms with Crippen LogP contribution in [0.2, 0.25) is 0 Å². The summed E-state index contributed by atoms with van der Waals surface area (Å²) in [6.45, 7) is 0. The van der Waals surface area contributed by atoms with Crippen molar-refractivity contribution in [1.29, 1.82) is 0 Å². The van der Waals surface area contributed by atoms with Gasteiger partial charge in [-0.2, -0.15) is 0 Å². The largest absolute Gasteiger partial charge is 0.0848 e. The Morgan fingerprint density at radius 3 is 0.425 bits per heavy atom. The molecule has 0 aromatic carbocycles. The number of hydrogen-bond acceptors (Lipinski definition) is 0. The second kappa shape index (κ2) is 8.20. The van der Waals surface area contributed by atoms with Crippen molar-refractivity contribution >= 4 is 0 Å². The number of hydrogen-bond donors (Lipinski definition) is 0. The van der Waals surface area contributed by atoms with Crippen LogP contribution in [0.4, 0.5) is 0 Å². The monoisotopic (exact) mass is 530 g/mol. The number of fused-ring (bicyclic) bond motifs is 25. The van der Waals surface area contributed by atoms with E-state index in [1.54, 1.807) is 32.1 Å². The van der Waals surface area contributed by atoms with Crippen LogP contribution in [0.1, 0.15) is 64.2 Å². The minimum atomic E-state index is 0.953. The minimum Gasteiger partial charge on any atom is -0.0848 e. The van der Waals surface area contributed by atoms with Gasteiger partial charge in [-0.1, -0.05) is 60.8 Å². The molecule has 0 heteroatoms. The Balaban J connectivity index is 0.000000113. The molecule has 12 aliphatic carbocycles. The lowest BCUT2D eigenvalue weighted by atomic mass is 9.62. The molecule has 7 fully saturated rings. The maximum absolute atomic E-state index is 2.62. The average molecular weight is 531 g/mol. The van der Waals surface area contributed by atoms with E-state index in [4.69, 9.17) is 0 Å². The third-order valence-electron chi connectivity index (χ3n) is 16.7. The molecule has 12 aliphatic rings. The van der Waals surface area contributed by atoms with Crippen molar-refractivity contribution < 1.29 is 0 Å². The summed E-state index contributed by atoms with van der Waals surface area (Å²) in [6.07, 6.45) is 41.4. The van der Waals surface area contributed by atoms with E-state index in [0.717, 1.165) is 118 Å². The van der Waals surface area contributed by atoms with Gasteiger partial charge in [0.1, 0.15) is 0 Å². The van der Waals surface area contributed by atoms with Gasteiger partial charge in [0.05, 0.1) is 0 Å². The van der Waals surface area contributed by atoms with Crippen LogP contribution in [-0.2, 0) is 0 Å². The lowest BCUT2D eigenvalue weighted by Gasteiger charge is -2.43. The predicted molar refractivity (Wildman–Crippen MR) is 162 cm³/mol. The van der Waals surface area contributed by atoms with Gasteiger partial charge in [0.15, 0.2) is 0 Å². The quantitative estimate of drug-likeness (QED) is 0.274. The van der Waals surface area contributed by atoms with Crippen LogP contribution in [0, 0.1) is 118 Å². The highest BCUT2D eigenvalue weighted by atomic mass is 14.6. The second-order valence-corrected chi connectivity index (χ2v) is 17.6. The van der Waals surface area contributed by atoms with E-state index >= 15 is 0 Å². The Bertz CT molecular complexity index is 1020. The van der Waals surface area contributed by atoms with Crippen molar-refractivity contribution in [1.82, 2.24) is 0 Å². The van der Waals surface area contributed by atoms with E-state index in [1.165, 1.54) is 32.1 Å². The van der Waals surface area contributed by atoms with Crippen LogP contribution < -0.4 is 0 Å². The van der Waals surface area contributed by atoms with E-state index in [2.05, 4.69) is 60.8 Å². The van der Waals surface area contributed by atoms with Gasteiger partial charge in [0, 0.05) is 0 Å². The third kappa shape index (κ3) is 3.06. The molecule has 12 rings (SSSR count). The first-order chi connectivity index (χ1) is 19.7. The first-order valence-electron chi connectivity index (χ1n) is 18.2. The highest BCUT2D eigenvalue weighted by Crippen LogP contribution is 2.65. The Morgan fingerprint density at radius 2 is 0.300 bits per heavy atom. The number of allylic oxidation sites excluding steroid dienone is 10. The first-order valence-corrected chi connectivity index (χ1v) is 18.2. The van der Waals surface area contributed by atoms with Gasteiger partial charge >= 0.3 is 0 Å². The third-order valence-corrected chi connectivity index (χ3v) is 16.7. The fourth-order valence-electron chi connectivity index (χ4n) is 15.2. The lowest BCUT2D eigenvalue weighted by molar-refractivity contribution is 0.0961. The van der Waals surface area contributed by atoms with E-state index in [-0.39, 0.29) is 0 Å². The zero-order chi connectivity index (χ0) is 25.7. The Labute approximate surface area is 242 Å². The summed E-state index contributed by atoms with van der Waals surface area (Å²) in [7, 11) is 0. The molecule has 40 heavy (non-hydrogen) atoms. The summed E-state index contributed by atoms with van der Waals surface area (Å²) in [6, 6.07) is 0. The van der Waals surface area contributed by atoms with Crippen molar-refractivity contribution in [2.24, 2.45) is 118 Å². The molecular weight excluding hydrogens is 480 g/mol. The highest BCUT2D eigenvalue weighted by molar-refractivity contribution is 5.23. The van der Waals surface area contributed by atoms with Gasteiger partial charge in [-0.25, -0.2) is 0 Å². The van der Waals surface area contributed by atoms with Gasteiger partial charge in [-0.05, 0) is 183 Å². The standard InChI is InChI=1S/C24H30.C16H20/c1-2-14-7-13(1)19-10-21-15-3-4-17(8-15)23(21)12-24-18-6-5-16(9-18)22(24)11-20(14)19;1-2-10-5-9(1)13-7-15-11-3-4-12(6-11)16(15)8-14(10)13/h1-6,13-24H,7-12H2;1-4,9-16H,5-8H2. The number of rotatable bonds is 0. The summed E-state index contributed by atoms with van der Waals surface area (Å²) in [5.74, 6) is 20.3. The maximum Gasteiger partial charge on any atom is -0.0196 e. The summed E-state index contributed by atoms with van der Waals surface area (Å²) in [5.41, 5.74) is 0. The van der Waals surface area contributed by atoms with Gasteiger partial charge < -0.3 is 0 Å². The summed E-state index contributed by atoms with van der Waals surface area (Å²) in [5, 5.41) is 0. The van der Waals surface area contributed by atoms with Crippen LogP contribution in [0.15, 0.2) is 60.8 Å². The topological polar surface area (TPSA) is 0 Å². The zero-order valence-corrected chi connectivity index (χ0v) is 24.4. The molecule has 0 aromatic heterocycles. The minimum absolute atomic E-state index is 0.953. The fraction of sp³-hybridized carbons (Fsp3) is 0.750. The highest BCUT2D eigenvalue weighted by Gasteiger charge is 2.57. The maximum atomic E-state index is 2.62. The van der Waals surface area contributed by atoms with Crippen molar-refractivity contribution in [3.8, 4) is 0 Å². The molecule has 0 nitrogen and oxygen atoms in total. The van der Waals surface area contributed by atoms with Crippen molar-refractivity contribution in [3.63, 3.8) is 0 Å². The Hall–Kier alpha value is -1.30.